The summed E-state index contributed by atoms with van der Waals surface area (Å²) in [7, 11) is 0. The zero-order chi connectivity index (χ0) is 24.5. The second-order valence-electron chi connectivity index (χ2n) is 7.60. The number of amides is 2. The van der Waals surface area contributed by atoms with Gasteiger partial charge in [-0.05, 0) is 31.7 Å². The molecule has 1 saturated carbocycles. The molecule has 1 aliphatic rings. The minimum absolute atomic E-state index is 0.0239. The third-order valence-electron chi connectivity index (χ3n) is 4.98. The second kappa shape index (κ2) is 9.72. The highest BCUT2D eigenvalue weighted by Gasteiger charge is 2.42. The summed E-state index contributed by atoms with van der Waals surface area (Å²) >= 11 is 6.78. The number of primary amides is 1. The van der Waals surface area contributed by atoms with Crippen molar-refractivity contribution in [3.05, 3.63) is 32.4 Å². The van der Waals surface area contributed by atoms with E-state index in [1.54, 1.807) is 0 Å². The number of alkyl halides is 3. The van der Waals surface area contributed by atoms with E-state index in [0.29, 0.717) is 19.3 Å². The van der Waals surface area contributed by atoms with Crippen LogP contribution in [0, 0.1) is 6.92 Å². The lowest BCUT2D eigenvalue weighted by Gasteiger charge is -2.09. The van der Waals surface area contributed by atoms with Crippen molar-refractivity contribution in [2.75, 3.05) is 11.9 Å². The molecule has 33 heavy (non-hydrogen) atoms. The van der Waals surface area contributed by atoms with E-state index < -0.39 is 34.7 Å². The number of halogens is 4. The van der Waals surface area contributed by atoms with E-state index in [1.807, 2.05) is 6.92 Å². The fraction of sp³-hybridized carbons (Fsp3) is 0.500. The Kier molecular flexibility index (Phi) is 7.37. The van der Waals surface area contributed by atoms with Crippen LogP contribution in [0.4, 0.5) is 18.2 Å². The Morgan fingerprint density at radius 1 is 1.33 bits per heavy atom. The van der Waals surface area contributed by atoms with Crippen molar-refractivity contribution in [2.24, 2.45) is 5.73 Å². The summed E-state index contributed by atoms with van der Waals surface area (Å²) in [5.74, 6) is -2.18. The molecule has 1 fully saturated rings. The highest BCUT2D eigenvalue weighted by Crippen LogP contribution is 2.47. The van der Waals surface area contributed by atoms with Crippen LogP contribution in [-0.4, -0.2) is 34.2 Å². The van der Waals surface area contributed by atoms with Crippen molar-refractivity contribution < 1.29 is 32.3 Å². The number of esters is 1. The Labute approximate surface area is 196 Å². The van der Waals surface area contributed by atoms with Crippen LogP contribution >= 0.6 is 22.9 Å². The highest BCUT2D eigenvalue weighted by molar-refractivity contribution is 7.18. The zero-order valence-corrected chi connectivity index (χ0v) is 19.4. The number of rotatable bonds is 9. The Hall–Kier alpha value is -2.60. The molecular weight excluding hydrogens is 485 g/mol. The van der Waals surface area contributed by atoms with Gasteiger partial charge in [0, 0.05) is 12.3 Å². The first-order chi connectivity index (χ1) is 15.5. The summed E-state index contributed by atoms with van der Waals surface area (Å²) in [6, 6.07) is 0. The van der Waals surface area contributed by atoms with Crippen LogP contribution in [0.2, 0.25) is 5.02 Å². The number of carbonyl (C=O) groups is 3. The summed E-state index contributed by atoms with van der Waals surface area (Å²) in [5.41, 5.74) is 4.76. The summed E-state index contributed by atoms with van der Waals surface area (Å²) in [6.07, 6.45) is -2.97. The minimum atomic E-state index is -4.71. The topological polar surface area (TPSA) is 116 Å². The Morgan fingerprint density at radius 3 is 2.55 bits per heavy atom. The fourth-order valence-corrected chi connectivity index (χ4v) is 4.76. The van der Waals surface area contributed by atoms with Crippen LogP contribution in [0.25, 0.3) is 0 Å². The van der Waals surface area contributed by atoms with Gasteiger partial charge in [0.1, 0.15) is 5.00 Å². The molecule has 0 aromatic carbocycles. The maximum Gasteiger partial charge on any atom is 0.436 e. The van der Waals surface area contributed by atoms with Crippen LogP contribution < -0.4 is 11.1 Å². The predicted octanol–water partition coefficient (Wildman–Crippen LogP) is 4.50. The highest BCUT2D eigenvalue weighted by atomic mass is 35.5. The maximum atomic E-state index is 13.2. The normalized spacial score (nSPS) is 13.8. The number of ether oxygens (including phenoxy) is 1. The molecular formula is C20H22ClF3N4O4S. The number of aromatic nitrogens is 2. The fourth-order valence-electron chi connectivity index (χ4n) is 3.30. The van der Waals surface area contributed by atoms with Crippen molar-refractivity contribution in [3.63, 3.8) is 0 Å². The van der Waals surface area contributed by atoms with Crippen LogP contribution in [-0.2, 0) is 22.3 Å². The van der Waals surface area contributed by atoms with E-state index in [9.17, 15) is 27.6 Å². The molecule has 2 aromatic rings. The molecule has 3 N–H and O–H groups in total. The number of aryl methyl sites for hydroxylation is 1. The van der Waals surface area contributed by atoms with Crippen LogP contribution in [0.5, 0.6) is 0 Å². The quantitative estimate of drug-likeness (QED) is 0.486. The molecule has 8 nitrogen and oxygen atoms in total. The molecule has 0 saturated heterocycles. The number of carbonyl (C=O) groups excluding carboxylic acids is 3. The first kappa shape index (κ1) is 25.0. The Bertz CT molecular complexity index is 1090. The van der Waals surface area contributed by atoms with Gasteiger partial charge in [0.15, 0.2) is 5.69 Å². The number of hydrogen-bond acceptors (Lipinski definition) is 6. The van der Waals surface area contributed by atoms with Crippen LogP contribution in [0.15, 0.2) is 0 Å². The lowest BCUT2D eigenvalue weighted by atomic mass is 10.1. The Morgan fingerprint density at radius 2 is 2.00 bits per heavy atom. The minimum Gasteiger partial charge on any atom is -0.462 e. The lowest BCUT2D eigenvalue weighted by molar-refractivity contribution is -0.141. The molecule has 0 spiro atoms. The molecule has 1 aliphatic carbocycles. The van der Waals surface area contributed by atoms with Gasteiger partial charge >= 0.3 is 12.1 Å². The molecule has 0 unspecified atom stereocenters. The molecule has 2 amide bonds. The van der Waals surface area contributed by atoms with Gasteiger partial charge in [0.2, 0.25) is 5.91 Å². The molecule has 0 aliphatic heterocycles. The van der Waals surface area contributed by atoms with Gasteiger partial charge in [0.25, 0.3) is 5.91 Å². The number of nitrogens with two attached hydrogens (primary N) is 1. The van der Waals surface area contributed by atoms with Crippen LogP contribution in [0.1, 0.15) is 75.5 Å². The zero-order valence-electron chi connectivity index (χ0n) is 17.8. The van der Waals surface area contributed by atoms with Crippen molar-refractivity contribution in [3.8, 4) is 0 Å². The van der Waals surface area contributed by atoms with Gasteiger partial charge in [-0.2, -0.15) is 18.3 Å². The summed E-state index contributed by atoms with van der Waals surface area (Å²) in [4.78, 5) is 36.8. The van der Waals surface area contributed by atoms with Crippen molar-refractivity contribution in [1.82, 2.24) is 9.78 Å². The molecule has 3 rings (SSSR count). The number of thiophene rings is 1. The van der Waals surface area contributed by atoms with E-state index in [1.165, 1.54) is 6.92 Å². The third kappa shape index (κ3) is 5.49. The standard InChI is InChI=1S/C20H22ClF3N4O4S/c1-3-8-32-19(31)12-9(2)15(17(25)30)33-18(12)26-11(29)6-7-28-14(10-4-5-10)13(21)16(27-28)20(22,23)24/h10H,3-8H2,1-2H3,(H2,25,30)(H,26,29). The second-order valence-corrected chi connectivity index (χ2v) is 9.00. The van der Waals surface area contributed by atoms with Gasteiger partial charge in [0.05, 0.1) is 34.3 Å². The van der Waals surface area contributed by atoms with Crippen molar-refractivity contribution in [1.29, 1.82) is 0 Å². The Balaban J connectivity index is 1.79. The van der Waals surface area contributed by atoms with Crippen molar-refractivity contribution in [2.45, 2.75) is 58.2 Å². The number of anilines is 1. The number of nitrogens with zero attached hydrogens (tertiary/aromatic N) is 2. The maximum absolute atomic E-state index is 13.2. The summed E-state index contributed by atoms with van der Waals surface area (Å²) < 4.78 is 45.9. The molecule has 0 radical (unpaired) electrons. The first-order valence-corrected chi connectivity index (χ1v) is 11.4. The van der Waals surface area contributed by atoms with E-state index in [2.05, 4.69) is 10.4 Å². The summed E-state index contributed by atoms with van der Waals surface area (Å²) in [5, 5.41) is 5.78. The van der Waals surface area contributed by atoms with E-state index >= 15 is 0 Å². The smallest absolute Gasteiger partial charge is 0.436 e. The predicted molar refractivity (Wildman–Crippen MR) is 116 cm³/mol. The van der Waals surface area contributed by atoms with Gasteiger partial charge in [-0.25, -0.2) is 4.79 Å². The SMILES string of the molecule is CCCOC(=O)c1c(NC(=O)CCn2nc(C(F)(F)F)c(Cl)c2C2CC2)sc(C(N)=O)c1C. The largest absolute Gasteiger partial charge is 0.462 e. The van der Waals surface area contributed by atoms with Gasteiger partial charge in [-0.15, -0.1) is 11.3 Å². The third-order valence-corrected chi connectivity index (χ3v) is 6.57. The lowest BCUT2D eigenvalue weighted by Crippen LogP contribution is -2.18. The average Bonchev–Trinajstić information content (AvgIpc) is 3.42. The number of nitrogens with one attached hydrogen (secondary N) is 1. The van der Waals surface area contributed by atoms with Gasteiger partial charge < -0.3 is 15.8 Å². The number of hydrogen-bond donors (Lipinski definition) is 2. The average molecular weight is 507 g/mol. The van der Waals surface area contributed by atoms with E-state index in [0.717, 1.165) is 16.0 Å². The molecule has 0 bridgehead atoms. The van der Waals surface area contributed by atoms with Gasteiger partial charge in [-0.3, -0.25) is 14.3 Å². The molecule has 180 valence electrons. The monoisotopic (exact) mass is 506 g/mol. The molecule has 0 atom stereocenters. The summed E-state index contributed by atoms with van der Waals surface area (Å²) in [6.45, 7) is 3.34. The molecule has 13 heteroatoms. The molecule has 2 heterocycles. The molecule has 2 aromatic heterocycles. The van der Waals surface area contributed by atoms with Crippen molar-refractivity contribution >= 4 is 45.7 Å². The first-order valence-electron chi connectivity index (χ1n) is 10.2. The van der Waals surface area contributed by atoms with E-state index in [4.69, 9.17) is 22.1 Å². The van der Waals surface area contributed by atoms with Crippen LogP contribution in [0.3, 0.4) is 0 Å². The van der Waals surface area contributed by atoms with Gasteiger partial charge in [-0.1, -0.05) is 18.5 Å². The van der Waals surface area contributed by atoms with E-state index in [-0.39, 0.29) is 52.2 Å².